The van der Waals surface area contributed by atoms with Gasteiger partial charge in [0.2, 0.25) is 0 Å². The van der Waals surface area contributed by atoms with Crippen molar-refractivity contribution in [3.8, 4) is 67.0 Å². The van der Waals surface area contributed by atoms with Gasteiger partial charge in [0.05, 0.1) is 17.1 Å². The summed E-state index contributed by atoms with van der Waals surface area (Å²) in [6.07, 6.45) is 21.8. The number of fused-ring (bicyclic) bond motifs is 18. The van der Waals surface area contributed by atoms with Gasteiger partial charge in [-0.3, -0.25) is 29.9 Å². The Hall–Kier alpha value is -9.78. The smallest absolute Gasteiger partial charge is 0.0743 e. The molecule has 0 spiro atoms. The minimum atomic E-state index is 0.999. The van der Waals surface area contributed by atoms with Gasteiger partial charge < -0.3 is 0 Å². The highest BCUT2D eigenvalue weighted by Gasteiger charge is 2.26. The van der Waals surface area contributed by atoms with Gasteiger partial charge >= 0.3 is 0 Å². The number of benzene rings is 6. The van der Waals surface area contributed by atoms with E-state index in [1.807, 2.05) is 145 Å². The van der Waals surface area contributed by atoms with E-state index in [9.17, 15) is 0 Å². The highest BCUT2D eigenvalue weighted by molar-refractivity contribution is 5.81. The maximum absolute atomic E-state index is 4.56. The van der Waals surface area contributed by atoms with E-state index in [0.717, 1.165) is 44.2 Å². The number of hydrogen-bond donors (Lipinski definition) is 0. The van der Waals surface area contributed by atoms with Gasteiger partial charge in [0.15, 0.2) is 0 Å². The molecule has 0 amide bonds. The minimum absolute atomic E-state index is 0.999. The summed E-state index contributed by atoms with van der Waals surface area (Å²) in [5.41, 5.74) is 49.2. The molecular weight excluding hydrogens is 1240 g/mol. The Morgan fingerprint density at radius 2 is 0.618 bits per heavy atom. The van der Waals surface area contributed by atoms with E-state index in [1.165, 1.54) is 195 Å². The molecule has 0 unspecified atom stereocenters. The Kier molecular flexibility index (Phi) is 29.4. The molecule has 0 fully saturated rings. The van der Waals surface area contributed by atoms with Gasteiger partial charge in [0, 0.05) is 109 Å². The number of aryl methyl sites for hydroxylation is 6. The van der Waals surface area contributed by atoms with Gasteiger partial charge in [0.1, 0.15) is 0 Å². The fraction of sp³-hybridized carbons (Fsp3) is 0.312. The maximum Gasteiger partial charge on any atom is 0.0743 e. The zero-order valence-corrected chi connectivity index (χ0v) is 66.2. The highest BCUT2D eigenvalue weighted by Crippen LogP contribution is 2.43. The van der Waals surface area contributed by atoms with Crippen LogP contribution in [0.15, 0.2) is 183 Å². The van der Waals surface area contributed by atoms with Crippen molar-refractivity contribution in [2.45, 2.75) is 205 Å². The quantitative estimate of drug-likeness (QED) is 0.151. The largest absolute Gasteiger partial charge is 0.264 e. The van der Waals surface area contributed by atoms with Crippen molar-refractivity contribution in [3.63, 3.8) is 0 Å². The second-order valence-corrected chi connectivity index (χ2v) is 25.3. The molecule has 6 nitrogen and oxygen atoms in total. The van der Waals surface area contributed by atoms with Crippen LogP contribution in [-0.4, -0.2) is 29.9 Å². The molecule has 6 aromatic carbocycles. The lowest BCUT2D eigenvalue weighted by atomic mass is 9.98. The molecular formula is C96H114N6. The molecule has 0 N–H and O–H groups in total. The summed E-state index contributed by atoms with van der Waals surface area (Å²) in [5, 5.41) is 0. The lowest BCUT2D eigenvalue weighted by molar-refractivity contribution is 1.10. The maximum atomic E-state index is 4.56. The zero-order valence-electron chi connectivity index (χ0n) is 66.2. The van der Waals surface area contributed by atoms with Gasteiger partial charge in [-0.05, 0) is 270 Å². The van der Waals surface area contributed by atoms with Crippen LogP contribution in [0.4, 0.5) is 0 Å². The van der Waals surface area contributed by atoms with Crippen molar-refractivity contribution < 1.29 is 0 Å². The van der Waals surface area contributed by atoms with Gasteiger partial charge in [-0.2, -0.15) is 0 Å². The number of hydrogen-bond acceptors (Lipinski definition) is 6. The van der Waals surface area contributed by atoms with Crippen molar-refractivity contribution in [2.24, 2.45) is 0 Å². The number of rotatable bonds is 0. The summed E-state index contributed by atoms with van der Waals surface area (Å²) in [6.45, 7) is 50.1. The van der Waals surface area contributed by atoms with Crippen LogP contribution in [-0.2, 0) is 38.5 Å². The van der Waals surface area contributed by atoms with Crippen LogP contribution in [0.5, 0.6) is 0 Å². The van der Waals surface area contributed by atoms with Crippen LogP contribution in [0, 0.1) is 83.1 Å². The molecule has 6 heterocycles. The molecule has 0 saturated carbocycles. The van der Waals surface area contributed by atoms with Crippen molar-refractivity contribution in [2.75, 3.05) is 0 Å². The standard InChI is InChI=1S/6C14H13N.6C2H6/c1-9-3-4-13-12-5-6-15-8-11(12)7-14(13)10(9)2;1-9-3-4-12-13(10(9)2)7-11-5-6-15-8-14(11)12;1-9-5-6-11-12-4-3-7-15-14(12)8-13(11)10(9)2;1-9-5-6-12-13(10(9)2)8-11-4-3-7-15-14(11)12;1-9-10(2)15-8-14-12-6-4-3-5-11(12)7-13(9)14;1-9-8-15-14-12-6-4-3-5-11(12)7-13(14)10(9)2;6*1-2/h2*3-6,8H,7H2,1-2H3;2*3-7H,8H2,1-2H3;2*3-6,8H,7H2,1-2H3;6*1-2H3. The summed E-state index contributed by atoms with van der Waals surface area (Å²) in [5.74, 6) is 0. The van der Waals surface area contributed by atoms with Crippen LogP contribution >= 0.6 is 0 Å². The summed E-state index contributed by atoms with van der Waals surface area (Å²) >= 11 is 0. The second-order valence-electron chi connectivity index (χ2n) is 25.3. The Morgan fingerprint density at radius 1 is 0.216 bits per heavy atom. The topological polar surface area (TPSA) is 77.3 Å². The Morgan fingerprint density at radius 3 is 1.23 bits per heavy atom. The summed E-state index contributed by atoms with van der Waals surface area (Å²) < 4.78 is 0. The molecule has 6 aliphatic carbocycles. The first-order valence-electron chi connectivity index (χ1n) is 37.8. The van der Waals surface area contributed by atoms with Crippen molar-refractivity contribution in [1.29, 1.82) is 0 Å². The lowest BCUT2D eigenvalue weighted by Gasteiger charge is -2.06. The predicted molar refractivity (Wildman–Crippen MR) is 440 cm³/mol. The lowest BCUT2D eigenvalue weighted by Crippen LogP contribution is -1.93. The normalized spacial score (nSPS) is 11.3. The average Bonchev–Trinajstić information content (AvgIpc) is 1.68. The van der Waals surface area contributed by atoms with E-state index in [4.69, 9.17) is 0 Å². The fourth-order valence-corrected chi connectivity index (χ4v) is 14.1. The van der Waals surface area contributed by atoms with E-state index in [0.29, 0.717) is 0 Å². The van der Waals surface area contributed by atoms with E-state index >= 15 is 0 Å². The molecule has 6 aromatic heterocycles. The van der Waals surface area contributed by atoms with Crippen molar-refractivity contribution in [3.05, 3.63) is 317 Å². The van der Waals surface area contributed by atoms with Crippen LogP contribution in [0.1, 0.15) is 217 Å². The van der Waals surface area contributed by atoms with E-state index in [1.54, 1.807) is 0 Å². The van der Waals surface area contributed by atoms with Crippen molar-refractivity contribution >= 4 is 0 Å². The molecule has 528 valence electrons. The van der Waals surface area contributed by atoms with Gasteiger partial charge in [0.25, 0.3) is 0 Å². The number of nitrogens with zero attached hydrogens (tertiary/aromatic N) is 6. The van der Waals surface area contributed by atoms with Gasteiger partial charge in [-0.25, -0.2) is 0 Å². The Bertz CT molecular complexity index is 4030. The van der Waals surface area contributed by atoms with Crippen LogP contribution in [0.2, 0.25) is 0 Å². The zero-order chi connectivity index (χ0) is 74.5. The molecule has 18 rings (SSSR count). The minimum Gasteiger partial charge on any atom is -0.264 e. The molecule has 12 aromatic rings. The first-order valence-corrected chi connectivity index (χ1v) is 37.8. The second kappa shape index (κ2) is 37.8. The van der Waals surface area contributed by atoms with Gasteiger partial charge in [-0.1, -0.05) is 192 Å². The van der Waals surface area contributed by atoms with Crippen LogP contribution < -0.4 is 0 Å². The molecule has 0 atom stereocenters. The number of aromatic nitrogens is 6. The van der Waals surface area contributed by atoms with E-state index in [-0.39, 0.29) is 0 Å². The van der Waals surface area contributed by atoms with E-state index < -0.39 is 0 Å². The average molecular weight is 1350 g/mol. The van der Waals surface area contributed by atoms with Crippen LogP contribution in [0.25, 0.3) is 67.0 Å². The Labute approximate surface area is 614 Å². The highest BCUT2D eigenvalue weighted by atomic mass is 14.7. The molecule has 102 heavy (non-hydrogen) atoms. The Balaban J connectivity index is 0.000000166. The van der Waals surface area contributed by atoms with Crippen molar-refractivity contribution in [1.82, 2.24) is 29.9 Å². The first kappa shape index (κ1) is 79.5. The third-order valence-electron chi connectivity index (χ3n) is 20.4. The summed E-state index contributed by atoms with van der Waals surface area (Å²) in [7, 11) is 0. The van der Waals surface area contributed by atoms with E-state index in [2.05, 4.69) is 234 Å². The summed E-state index contributed by atoms with van der Waals surface area (Å²) in [4.78, 5) is 26.3. The third-order valence-corrected chi connectivity index (χ3v) is 20.4. The first-order chi connectivity index (χ1) is 49.6. The molecule has 0 aliphatic heterocycles. The van der Waals surface area contributed by atoms with Gasteiger partial charge in [-0.15, -0.1) is 0 Å². The molecule has 0 saturated heterocycles. The summed E-state index contributed by atoms with van der Waals surface area (Å²) in [6, 6.07) is 47.5. The molecule has 6 aliphatic rings. The third kappa shape index (κ3) is 16.9. The SMILES string of the molecule is CC.CC.CC.CC.CC.CC.Cc1ccc2c(c1C)Cc1cccnc1-2.Cc1ccc2c(c1C)Cc1ccncc1-2.Cc1ccc2c(c1C)Cc1cnccc1-2.Cc1ccc2c(c1C)Cc1ncccc1-2.Cc1cnc2c(c1C)Cc1ccccc1-2.Cc1ncc2c(c1C)Cc1ccccc1-2. The van der Waals surface area contributed by atoms with Crippen LogP contribution in [0.3, 0.4) is 0 Å². The monoisotopic (exact) mass is 1350 g/mol. The number of pyridine rings is 6. The predicted octanol–water partition coefficient (Wildman–Crippen LogP) is 25.8. The fourth-order valence-electron chi connectivity index (χ4n) is 14.1. The molecule has 6 heteroatoms. The molecule has 0 radical (unpaired) electrons. The molecule has 0 bridgehead atoms.